The SMILES string of the molecule is CCCNC(C)(CSc1ccccc1Cl)C(=O)O. The maximum Gasteiger partial charge on any atom is 0.324 e. The molecule has 5 heteroatoms. The first-order valence-electron chi connectivity index (χ1n) is 5.85. The summed E-state index contributed by atoms with van der Waals surface area (Å²) >= 11 is 7.51. The van der Waals surface area contributed by atoms with E-state index in [4.69, 9.17) is 11.6 Å². The van der Waals surface area contributed by atoms with E-state index in [9.17, 15) is 9.90 Å². The summed E-state index contributed by atoms with van der Waals surface area (Å²) in [6, 6.07) is 7.46. The number of carboxylic acid groups (broad SMARTS) is 1. The molecule has 0 saturated carbocycles. The molecule has 1 aromatic carbocycles. The zero-order chi connectivity index (χ0) is 13.6. The number of benzene rings is 1. The van der Waals surface area contributed by atoms with Gasteiger partial charge in [-0.25, -0.2) is 0 Å². The van der Waals surface area contributed by atoms with Gasteiger partial charge in [-0.15, -0.1) is 11.8 Å². The van der Waals surface area contributed by atoms with E-state index < -0.39 is 11.5 Å². The van der Waals surface area contributed by atoms with Gasteiger partial charge < -0.3 is 10.4 Å². The summed E-state index contributed by atoms with van der Waals surface area (Å²) in [6.07, 6.45) is 0.902. The summed E-state index contributed by atoms with van der Waals surface area (Å²) in [5.74, 6) is -0.401. The Hall–Kier alpha value is -0.710. The van der Waals surface area contributed by atoms with Crippen LogP contribution in [0.2, 0.25) is 5.02 Å². The van der Waals surface area contributed by atoms with Crippen LogP contribution in [0.25, 0.3) is 0 Å². The van der Waals surface area contributed by atoms with E-state index in [1.54, 1.807) is 6.92 Å². The van der Waals surface area contributed by atoms with Crippen molar-refractivity contribution in [2.45, 2.75) is 30.7 Å². The van der Waals surface area contributed by atoms with E-state index in [-0.39, 0.29) is 0 Å². The summed E-state index contributed by atoms with van der Waals surface area (Å²) < 4.78 is 0. The lowest BCUT2D eigenvalue weighted by atomic mass is 10.1. The molecule has 0 aliphatic carbocycles. The lowest BCUT2D eigenvalue weighted by Gasteiger charge is -2.25. The van der Waals surface area contributed by atoms with E-state index >= 15 is 0 Å². The van der Waals surface area contributed by atoms with E-state index in [1.165, 1.54) is 11.8 Å². The summed E-state index contributed by atoms with van der Waals surface area (Å²) in [5.41, 5.74) is -0.931. The highest BCUT2D eigenvalue weighted by Crippen LogP contribution is 2.29. The second-order valence-corrected chi connectivity index (χ2v) is 5.71. The Morgan fingerprint density at radius 2 is 2.17 bits per heavy atom. The first kappa shape index (κ1) is 15.3. The molecule has 2 N–H and O–H groups in total. The normalized spacial score (nSPS) is 14.2. The monoisotopic (exact) mass is 287 g/mol. The molecule has 3 nitrogen and oxygen atoms in total. The number of nitrogens with one attached hydrogen (secondary N) is 1. The molecule has 0 aliphatic heterocycles. The second-order valence-electron chi connectivity index (χ2n) is 4.28. The number of thioether (sulfide) groups is 1. The van der Waals surface area contributed by atoms with Gasteiger partial charge in [-0.3, -0.25) is 4.79 Å². The van der Waals surface area contributed by atoms with Gasteiger partial charge in [0.1, 0.15) is 5.54 Å². The third kappa shape index (κ3) is 4.19. The quantitative estimate of drug-likeness (QED) is 0.756. The minimum absolute atomic E-state index is 0.437. The molecule has 18 heavy (non-hydrogen) atoms. The third-order valence-electron chi connectivity index (χ3n) is 2.59. The number of hydrogen-bond acceptors (Lipinski definition) is 3. The molecule has 1 atom stereocenters. The fourth-order valence-corrected chi connectivity index (χ4v) is 2.72. The van der Waals surface area contributed by atoms with Gasteiger partial charge in [0.2, 0.25) is 0 Å². The van der Waals surface area contributed by atoms with Crippen molar-refractivity contribution < 1.29 is 9.90 Å². The van der Waals surface area contributed by atoms with Crippen molar-refractivity contribution >= 4 is 29.3 Å². The molecule has 0 saturated heterocycles. The van der Waals surface area contributed by atoms with Crippen LogP contribution in [0.15, 0.2) is 29.2 Å². The Labute approximate surface area is 117 Å². The molecule has 0 radical (unpaired) electrons. The number of halogens is 1. The van der Waals surface area contributed by atoms with Crippen molar-refractivity contribution in [2.75, 3.05) is 12.3 Å². The van der Waals surface area contributed by atoms with Crippen molar-refractivity contribution in [3.63, 3.8) is 0 Å². The van der Waals surface area contributed by atoms with Crippen molar-refractivity contribution in [2.24, 2.45) is 0 Å². The lowest BCUT2D eigenvalue weighted by molar-refractivity contribution is -0.143. The van der Waals surface area contributed by atoms with E-state index in [0.29, 0.717) is 17.3 Å². The maximum absolute atomic E-state index is 11.3. The predicted octanol–water partition coefficient (Wildman–Crippen LogP) is 3.28. The number of carbonyl (C=O) groups is 1. The Bertz CT molecular complexity index is 414. The molecule has 0 heterocycles. The third-order valence-corrected chi connectivity index (χ3v) is 4.42. The average Bonchev–Trinajstić information content (AvgIpc) is 2.35. The fraction of sp³-hybridized carbons (Fsp3) is 0.462. The topological polar surface area (TPSA) is 49.3 Å². The molecule has 100 valence electrons. The summed E-state index contributed by atoms with van der Waals surface area (Å²) in [7, 11) is 0. The fourth-order valence-electron chi connectivity index (χ4n) is 1.37. The number of carboxylic acids is 1. The van der Waals surface area contributed by atoms with Crippen LogP contribution in [0.3, 0.4) is 0 Å². The maximum atomic E-state index is 11.3. The standard InChI is InChI=1S/C13H18ClNO2S/c1-3-8-15-13(2,12(16)17)9-18-11-7-5-4-6-10(11)14/h4-7,15H,3,8-9H2,1-2H3,(H,16,17). The molecule has 1 unspecified atom stereocenters. The molecule has 0 aromatic heterocycles. The summed E-state index contributed by atoms with van der Waals surface area (Å²) in [5, 5.41) is 13.0. The zero-order valence-electron chi connectivity index (χ0n) is 10.6. The zero-order valence-corrected chi connectivity index (χ0v) is 12.1. The molecule has 0 amide bonds. The molecular formula is C13H18ClNO2S. The van der Waals surface area contributed by atoms with E-state index in [2.05, 4.69) is 5.32 Å². The number of aliphatic carboxylic acids is 1. The first-order valence-corrected chi connectivity index (χ1v) is 7.21. The van der Waals surface area contributed by atoms with E-state index in [1.807, 2.05) is 31.2 Å². The molecule has 0 bridgehead atoms. The molecular weight excluding hydrogens is 270 g/mol. The first-order chi connectivity index (χ1) is 8.49. The van der Waals surface area contributed by atoms with Gasteiger partial charge in [0.05, 0.1) is 5.02 Å². The van der Waals surface area contributed by atoms with Crippen LogP contribution in [-0.4, -0.2) is 28.9 Å². The molecule has 0 aliphatic rings. The number of rotatable bonds is 7. The van der Waals surface area contributed by atoms with Crippen LogP contribution in [0.4, 0.5) is 0 Å². The van der Waals surface area contributed by atoms with Gasteiger partial charge in [0.15, 0.2) is 0 Å². The summed E-state index contributed by atoms with van der Waals surface area (Å²) in [4.78, 5) is 12.2. The molecule has 0 spiro atoms. The minimum Gasteiger partial charge on any atom is -0.480 e. The van der Waals surface area contributed by atoms with Crippen molar-refractivity contribution in [3.8, 4) is 0 Å². The Morgan fingerprint density at radius 1 is 1.50 bits per heavy atom. The lowest BCUT2D eigenvalue weighted by Crippen LogP contribution is -2.51. The Morgan fingerprint density at radius 3 is 2.72 bits per heavy atom. The Balaban J connectivity index is 2.68. The van der Waals surface area contributed by atoms with Gasteiger partial charge in [0, 0.05) is 10.6 Å². The summed E-state index contributed by atoms with van der Waals surface area (Å²) in [6.45, 7) is 4.40. The minimum atomic E-state index is -0.931. The van der Waals surface area contributed by atoms with Crippen LogP contribution in [0.1, 0.15) is 20.3 Å². The highest BCUT2D eigenvalue weighted by Gasteiger charge is 2.32. The highest BCUT2D eigenvalue weighted by atomic mass is 35.5. The molecule has 0 fully saturated rings. The smallest absolute Gasteiger partial charge is 0.324 e. The Kier molecular flexibility index (Phi) is 5.99. The van der Waals surface area contributed by atoms with Gasteiger partial charge in [-0.05, 0) is 32.0 Å². The molecule has 1 rings (SSSR count). The largest absolute Gasteiger partial charge is 0.480 e. The molecule has 1 aromatic rings. The van der Waals surface area contributed by atoms with Gasteiger partial charge in [-0.1, -0.05) is 30.7 Å². The van der Waals surface area contributed by atoms with Gasteiger partial charge >= 0.3 is 5.97 Å². The van der Waals surface area contributed by atoms with Crippen LogP contribution in [0.5, 0.6) is 0 Å². The van der Waals surface area contributed by atoms with Crippen LogP contribution >= 0.6 is 23.4 Å². The van der Waals surface area contributed by atoms with Crippen molar-refractivity contribution in [3.05, 3.63) is 29.3 Å². The van der Waals surface area contributed by atoms with Crippen LogP contribution < -0.4 is 5.32 Å². The van der Waals surface area contributed by atoms with Gasteiger partial charge in [0.25, 0.3) is 0 Å². The highest BCUT2D eigenvalue weighted by molar-refractivity contribution is 7.99. The second kappa shape index (κ2) is 7.02. The average molecular weight is 288 g/mol. The number of hydrogen-bond donors (Lipinski definition) is 2. The van der Waals surface area contributed by atoms with Crippen LogP contribution in [0, 0.1) is 0 Å². The predicted molar refractivity (Wildman–Crippen MR) is 76.5 cm³/mol. The van der Waals surface area contributed by atoms with Gasteiger partial charge in [-0.2, -0.15) is 0 Å². The van der Waals surface area contributed by atoms with Crippen LogP contribution in [-0.2, 0) is 4.79 Å². The van der Waals surface area contributed by atoms with Crippen molar-refractivity contribution in [1.29, 1.82) is 0 Å². The van der Waals surface area contributed by atoms with E-state index in [0.717, 1.165) is 11.3 Å². The van der Waals surface area contributed by atoms with Crippen molar-refractivity contribution in [1.82, 2.24) is 5.32 Å².